The van der Waals surface area contributed by atoms with Crippen LogP contribution in [0.15, 0.2) is 82.2 Å². The van der Waals surface area contributed by atoms with E-state index in [9.17, 15) is 14.0 Å². The van der Waals surface area contributed by atoms with Crippen LogP contribution in [0.2, 0.25) is 5.02 Å². The fraction of sp³-hybridized carbons (Fsp3) is 0.160. The minimum absolute atomic E-state index is 0.0865. The van der Waals surface area contributed by atoms with E-state index in [0.717, 1.165) is 15.5 Å². The average molecular weight is 523 g/mol. The highest BCUT2D eigenvalue weighted by atomic mass is 35.5. The number of nitrogens with one attached hydrogen (secondary N) is 1. The summed E-state index contributed by atoms with van der Waals surface area (Å²) < 4.78 is 17.6. The molecular formula is C25H24ClFN8O2. The van der Waals surface area contributed by atoms with E-state index in [1.54, 1.807) is 49.2 Å². The van der Waals surface area contributed by atoms with Crippen LogP contribution in [0.3, 0.4) is 0 Å². The van der Waals surface area contributed by atoms with Gasteiger partial charge in [-0.1, -0.05) is 18.2 Å². The quantitative estimate of drug-likeness (QED) is 0.355. The summed E-state index contributed by atoms with van der Waals surface area (Å²) in [6, 6.07) is 5.02. The summed E-state index contributed by atoms with van der Waals surface area (Å²) in [4.78, 5) is 34.8. The lowest BCUT2D eigenvalue weighted by molar-refractivity contribution is 0.642. The largest absolute Gasteiger partial charge is 0.396 e. The molecule has 0 radical (unpaired) electrons. The number of hydrogen-bond donors (Lipinski definition) is 2. The molecule has 1 aromatic carbocycles. The molecule has 0 unspecified atom stereocenters. The van der Waals surface area contributed by atoms with Crippen molar-refractivity contribution in [1.82, 2.24) is 28.9 Å². The smallest absolute Gasteiger partial charge is 0.359 e. The number of fused-ring (bicyclic) bond motifs is 1. The third-order valence-corrected chi connectivity index (χ3v) is 5.71. The molecule has 4 aromatic rings. The summed E-state index contributed by atoms with van der Waals surface area (Å²) in [5.74, 6) is -0.714. The molecule has 0 aliphatic heterocycles. The first kappa shape index (κ1) is 25.6. The van der Waals surface area contributed by atoms with E-state index >= 15 is 0 Å². The van der Waals surface area contributed by atoms with Crippen LogP contribution in [-0.2, 0) is 13.6 Å². The second kappa shape index (κ2) is 10.2. The predicted molar refractivity (Wildman–Crippen MR) is 142 cm³/mol. The molecule has 3 N–H and O–H groups in total. The minimum Gasteiger partial charge on any atom is -0.396 e. The molecule has 4 rings (SSSR count). The number of rotatable bonds is 7. The number of aromatic nitrogens is 6. The number of allylic oxidation sites excluding steroid dienone is 4. The van der Waals surface area contributed by atoms with Gasteiger partial charge in [0.1, 0.15) is 5.83 Å². The van der Waals surface area contributed by atoms with Crippen LogP contribution in [0.1, 0.15) is 12.5 Å². The lowest BCUT2D eigenvalue weighted by Crippen LogP contribution is -2.41. The van der Waals surface area contributed by atoms with Crippen LogP contribution in [0.25, 0.3) is 16.6 Å². The van der Waals surface area contributed by atoms with E-state index in [1.165, 1.54) is 29.8 Å². The maximum atomic E-state index is 13.9. The van der Waals surface area contributed by atoms with Gasteiger partial charge >= 0.3 is 11.4 Å². The van der Waals surface area contributed by atoms with E-state index in [-0.39, 0.29) is 23.9 Å². The molecule has 0 aliphatic rings. The van der Waals surface area contributed by atoms with E-state index in [4.69, 9.17) is 17.3 Å². The van der Waals surface area contributed by atoms with Crippen molar-refractivity contribution in [2.45, 2.75) is 20.4 Å². The standard InChI is InChI=1S/C25H24ClFN8O2/c1-5-19(27)20(28)7-15(3)12-34-23(30-22-8-16-13-33(4)32-21(16)9-18(22)26)31-24(36)35(25(34)37)17-6-14(2)10-29-11-17/h5-11,13H,3,12,28H2,1-2,4H3,(H,30,31,36)/b19-5+,20-7+. The Kier molecular flexibility index (Phi) is 7.07. The van der Waals surface area contributed by atoms with Crippen LogP contribution in [-0.4, -0.2) is 28.9 Å². The Morgan fingerprint density at radius 2 is 2.03 bits per heavy atom. The normalized spacial score (nSPS) is 12.2. The molecule has 10 nitrogen and oxygen atoms in total. The fourth-order valence-corrected chi connectivity index (χ4v) is 3.91. The Hall–Kier alpha value is -4.51. The number of halogens is 2. The minimum atomic E-state index is -0.824. The molecule has 0 atom stereocenters. The lowest BCUT2D eigenvalue weighted by atomic mass is 10.2. The van der Waals surface area contributed by atoms with Crippen molar-refractivity contribution < 1.29 is 4.39 Å². The van der Waals surface area contributed by atoms with Gasteiger partial charge < -0.3 is 11.1 Å². The van der Waals surface area contributed by atoms with E-state index < -0.39 is 17.2 Å². The highest BCUT2D eigenvalue weighted by Crippen LogP contribution is 2.29. The maximum Gasteiger partial charge on any atom is 0.359 e. The molecule has 0 fully saturated rings. The molecule has 0 saturated carbocycles. The number of aryl methyl sites for hydroxylation is 2. The second-order valence-corrected chi connectivity index (χ2v) is 8.76. The number of benzene rings is 1. The molecular weight excluding hydrogens is 499 g/mol. The zero-order chi connectivity index (χ0) is 26.9. The Labute approximate surface area is 215 Å². The van der Waals surface area contributed by atoms with Crippen molar-refractivity contribution in [3.63, 3.8) is 0 Å². The van der Waals surface area contributed by atoms with Crippen molar-refractivity contribution in [2.24, 2.45) is 12.8 Å². The van der Waals surface area contributed by atoms with Crippen molar-refractivity contribution in [1.29, 1.82) is 0 Å². The summed E-state index contributed by atoms with van der Waals surface area (Å²) in [5.41, 5.74) is 6.44. The SMILES string of the molecule is C=C(/C=C(N)\C(F)=C/C)Cn1c(Nc2cc3cn(C)nc3cc2Cl)nc(=O)n(-c2cncc(C)c2)c1=O. The summed E-state index contributed by atoms with van der Waals surface area (Å²) in [6.45, 7) is 7.03. The molecule has 12 heteroatoms. The van der Waals surface area contributed by atoms with Crippen LogP contribution in [0.4, 0.5) is 16.0 Å². The van der Waals surface area contributed by atoms with Gasteiger partial charge in [-0.3, -0.25) is 14.2 Å². The zero-order valence-electron chi connectivity index (χ0n) is 20.4. The fourth-order valence-electron chi connectivity index (χ4n) is 3.70. The van der Waals surface area contributed by atoms with Crippen LogP contribution in [0, 0.1) is 6.92 Å². The van der Waals surface area contributed by atoms with Gasteiger partial charge in [0.05, 0.1) is 40.4 Å². The first-order valence-corrected chi connectivity index (χ1v) is 11.5. The Morgan fingerprint density at radius 1 is 1.27 bits per heavy atom. The van der Waals surface area contributed by atoms with Gasteiger partial charge in [0, 0.05) is 24.8 Å². The Bertz CT molecular complexity index is 1710. The Morgan fingerprint density at radius 3 is 2.73 bits per heavy atom. The topological polar surface area (TPSA) is 126 Å². The third kappa shape index (κ3) is 5.36. The van der Waals surface area contributed by atoms with Gasteiger partial charge in [-0.2, -0.15) is 10.1 Å². The predicted octanol–water partition coefficient (Wildman–Crippen LogP) is 3.65. The van der Waals surface area contributed by atoms with Gasteiger partial charge in [0.15, 0.2) is 0 Å². The first-order chi connectivity index (χ1) is 17.6. The number of nitrogens with two attached hydrogens (primary N) is 1. The summed E-state index contributed by atoms with van der Waals surface area (Å²) in [6.07, 6.45) is 7.30. The molecule has 3 aromatic heterocycles. The van der Waals surface area contributed by atoms with Crippen LogP contribution < -0.4 is 22.4 Å². The summed E-state index contributed by atoms with van der Waals surface area (Å²) in [7, 11) is 1.78. The van der Waals surface area contributed by atoms with Gasteiger partial charge in [0.2, 0.25) is 5.95 Å². The molecule has 0 saturated heterocycles. The molecule has 0 spiro atoms. The van der Waals surface area contributed by atoms with Gasteiger partial charge in [-0.15, -0.1) is 0 Å². The third-order valence-electron chi connectivity index (χ3n) is 5.39. The number of anilines is 2. The van der Waals surface area contributed by atoms with Crippen molar-refractivity contribution in [3.8, 4) is 5.69 Å². The van der Waals surface area contributed by atoms with Crippen molar-refractivity contribution >= 4 is 34.1 Å². The van der Waals surface area contributed by atoms with E-state index in [0.29, 0.717) is 21.8 Å². The van der Waals surface area contributed by atoms with E-state index in [1.807, 2.05) is 0 Å². The Balaban J connectivity index is 1.86. The van der Waals surface area contributed by atoms with Gasteiger partial charge in [-0.25, -0.2) is 18.5 Å². The van der Waals surface area contributed by atoms with Gasteiger partial charge in [0.25, 0.3) is 0 Å². The van der Waals surface area contributed by atoms with Crippen LogP contribution in [0.5, 0.6) is 0 Å². The molecule has 37 heavy (non-hydrogen) atoms. The molecule has 0 aliphatic carbocycles. The van der Waals surface area contributed by atoms with Crippen LogP contribution >= 0.6 is 11.6 Å². The summed E-state index contributed by atoms with van der Waals surface area (Å²) >= 11 is 6.45. The van der Waals surface area contributed by atoms with Crippen molar-refractivity contribution in [3.05, 3.63) is 104 Å². The molecule has 0 bridgehead atoms. The lowest BCUT2D eigenvalue weighted by Gasteiger charge is -2.16. The molecule has 0 amide bonds. The number of pyridine rings is 1. The number of hydrogen-bond acceptors (Lipinski definition) is 7. The van der Waals surface area contributed by atoms with Gasteiger partial charge in [-0.05, 0) is 55.3 Å². The highest BCUT2D eigenvalue weighted by Gasteiger charge is 2.17. The average Bonchev–Trinajstić information content (AvgIpc) is 3.19. The highest BCUT2D eigenvalue weighted by molar-refractivity contribution is 6.34. The van der Waals surface area contributed by atoms with Crippen molar-refractivity contribution in [2.75, 3.05) is 5.32 Å². The zero-order valence-corrected chi connectivity index (χ0v) is 21.1. The molecule has 3 heterocycles. The monoisotopic (exact) mass is 522 g/mol. The maximum absolute atomic E-state index is 13.9. The number of nitrogens with zero attached hydrogens (tertiary/aromatic N) is 6. The second-order valence-electron chi connectivity index (χ2n) is 8.36. The molecule has 190 valence electrons. The van der Waals surface area contributed by atoms with E-state index in [2.05, 4.69) is 27.0 Å². The first-order valence-electron chi connectivity index (χ1n) is 11.1. The summed E-state index contributed by atoms with van der Waals surface area (Å²) in [5, 5.41) is 8.38.